The Morgan fingerprint density at radius 2 is 2.22 bits per heavy atom. The van der Waals surface area contributed by atoms with Gasteiger partial charge in [0, 0.05) is 24.4 Å². The van der Waals surface area contributed by atoms with Crippen molar-refractivity contribution in [3.63, 3.8) is 0 Å². The number of amides is 1. The Labute approximate surface area is 107 Å². The van der Waals surface area contributed by atoms with E-state index in [0.717, 1.165) is 43.7 Å². The van der Waals surface area contributed by atoms with Crippen molar-refractivity contribution in [1.82, 2.24) is 10.1 Å². The van der Waals surface area contributed by atoms with E-state index in [1.165, 1.54) is 0 Å². The van der Waals surface area contributed by atoms with Crippen LogP contribution in [0, 0.1) is 5.92 Å². The lowest BCUT2D eigenvalue weighted by molar-refractivity contribution is -0.133. The van der Waals surface area contributed by atoms with Crippen molar-refractivity contribution in [1.29, 1.82) is 0 Å². The summed E-state index contributed by atoms with van der Waals surface area (Å²) < 4.78 is 5.35. The van der Waals surface area contributed by atoms with Gasteiger partial charge in [-0.25, -0.2) is 0 Å². The van der Waals surface area contributed by atoms with Crippen molar-refractivity contribution in [2.45, 2.75) is 51.5 Å². The van der Waals surface area contributed by atoms with Gasteiger partial charge in [-0.15, -0.1) is 0 Å². The van der Waals surface area contributed by atoms with Crippen LogP contribution in [0.2, 0.25) is 0 Å². The van der Waals surface area contributed by atoms with E-state index in [1.54, 1.807) is 0 Å². The van der Waals surface area contributed by atoms with Gasteiger partial charge in [0.05, 0.1) is 6.04 Å². The highest BCUT2D eigenvalue weighted by atomic mass is 16.5. The third-order valence-corrected chi connectivity index (χ3v) is 3.92. The van der Waals surface area contributed by atoms with Crippen molar-refractivity contribution in [2.24, 2.45) is 5.92 Å². The van der Waals surface area contributed by atoms with Gasteiger partial charge in [0.2, 0.25) is 5.91 Å². The minimum absolute atomic E-state index is 0.148. The second-order valence-electron chi connectivity index (χ2n) is 5.77. The fraction of sp³-hybridized carbons (Fsp3) is 0.714. The Balaban J connectivity index is 1.78. The van der Waals surface area contributed by atoms with Crippen LogP contribution in [0.25, 0.3) is 0 Å². The van der Waals surface area contributed by atoms with Gasteiger partial charge in [0.25, 0.3) is 0 Å². The molecule has 1 saturated carbocycles. The highest BCUT2D eigenvalue weighted by Crippen LogP contribution is 2.38. The molecule has 2 aliphatic rings. The van der Waals surface area contributed by atoms with Crippen LogP contribution in [0.4, 0.5) is 0 Å². The summed E-state index contributed by atoms with van der Waals surface area (Å²) in [5, 5.41) is 4.16. The molecule has 3 rings (SSSR count). The number of hydrogen-bond acceptors (Lipinski definition) is 3. The maximum atomic E-state index is 12.2. The Hall–Kier alpha value is -1.32. The zero-order valence-corrected chi connectivity index (χ0v) is 11.1. The van der Waals surface area contributed by atoms with E-state index in [4.69, 9.17) is 4.52 Å². The molecule has 0 spiro atoms. The first-order valence-corrected chi connectivity index (χ1v) is 6.94. The molecule has 4 heteroatoms. The smallest absolute Gasteiger partial charge is 0.226 e. The first-order chi connectivity index (χ1) is 8.66. The summed E-state index contributed by atoms with van der Waals surface area (Å²) in [4.78, 5) is 14.2. The van der Waals surface area contributed by atoms with E-state index < -0.39 is 0 Å². The van der Waals surface area contributed by atoms with Crippen molar-refractivity contribution in [3.8, 4) is 0 Å². The highest BCUT2D eigenvalue weighted by molar-refractivity contribution is 5.81. The largest absolute Gasteiger partial charge is 0.361 e. The second kappa shape index (κ2) is 4.41. The molecule has 18 heavy (non-hydrogen) atoms. The Morgan fingerprint density at radius 1 is 1.44 bits per heavy atom. The second-order valence-corrected chi connectivity index (χ2v) is 5.77. The molecule has 0 bridgehead atoms. The molecule has 1 aliphatic carbocycles. The lowest BCUT2D eigenvalue weighted by atomic mass is 10.1. The molecule has 1 aromatic rings. The normalized spacial score (nSPS) is 23.9. The van der Waals surface area contributed by atoms with Gasteiger partial charge in [-0.05, 0) is 25.7 Å². The quantitative estimate of drug-likeness (QED) is 0.826. The summed E-state index contributed by atoms with van der Waals surface area (Å²) in [5.74, 6) is 1.88. The summed E-state index contributed by atoms with van der Waals surface area (Å²) in [6.45, 7) is 5.06. The standard InChI is InChI=1S/C14H20N2O2/c1-9(2)13-8-11(15-18-13)12-4-3-7-16(12)14(17)10-5-6-10/h8-10,12H,3-7H2,1-2H3/t12-/m1/s1. The van der Waals surface area contributed by atoms with Gasteiger partial charge in [-0.1, -0.05) is 19.0 Å². The first kappa shape index (κ1) is 11.8. The predicted molar refractivity (Wildman–Crippen MR) is 67.0 cm³/mol. The number of rotatable bonds is 3. The first-order valence-electron chi connectivity index (χ1n) is 6.94. The zero-order chi connectivity index (χ0) is 12.7. The zero-order valence-electron chi connectivity index (χ0n) is 11.1. The fourth-order valence-electron chi connectivity index (χ4n) is 2.64. The summed E-state index contributed by atoms with van der Waals surface area (Å²) in [6, 6.07) is 2.17. The molecule has 0 radical (unpaired) electrons. The average molecular weight is 248 g/mol. The molecule has 2 fully saturated rings. The van der Waals surface area contributed by atoms with Crippen LogP contribution in [0.1, 0.15) is 62.9 Å². The molecule has 1 aliphatic heterocycles. The van der Waals surface area contributed by atoms with Crippen LogP contribution in [-0.4, -0.2) is 22.5 Å². The van der Waals surface area contributed by atoms with E-state index in [9.17, 15) is 4.79 Å². The topological polar surface area (TPSA) is 46.3 Å². The van der Waals surface area contributed by atoms with Gasteiger partial charge in [0.1, 0.15) is 11.5 Å². The van der Waals surface area contributed by atoms with E-state index in [1.807, 2.05) is 11.0 Å². The molecule has 2 heterocycles. The number of carbonyl (C=O) groups is 1. The van der Waals surface area contributed by atoms with E-state index in [0.29, 0.717) is 17.7 Å². The van der Waals surface area contributed by atoms with E-state index in [2.05, 4.69) is 19.0 Å². The molecule has 1 aromatic heterocycles. The monoisotopic (exact) mass is 248 g/mol. The minimum atomic E-state index is 0.148. The molecular weight excluding hydrogens is 228 g/mol. The van der Waals surface area contributed by atoms with Crippen LogP contribution in [-0.2, 0) is 4.79 Å². The third kappa shape index (κ3) is 2.04. The van der Waals surface area contributed by atoms with Crippen LogP contribution in [0.5, 0.6) is 0 Å². The molecule has 0 aromatic carbocycles. The number of aromatic nitrogens is 1. The average Bonchev–Trinajstić information content (AvgIpc) is 2.90. The molecule has 0 unspecified atom stereocenters. The minimum Gasteiger partial charge on any atom is -0.361 e. The molecule has 1 atom stereocenters. The molecule has 1 saturated heterocycles. The maximum absolute atomic E-state index is 12.2. The fourth-order valence-corrected chi connectivity index (χ4v) is 2.64. The highest BCUT2D eigenvalue weighted by Gasteiger charge is 2.39. The molecule has 98 valence electrons. The Morgan fingerprint density at radius 3 is 2.83 bits per heavy atom. The van der Waals surface area contributed by atoms with E-state index in [-0.39, 0.29) is 6.04 Å². The third-order valence-electron chi connectivity index (χ3n) is 3.92. The van der Waals surface area contributed by atoms with Crippen molar-refractivity contribution < 1.29 is 9.32 Å². The van der Waals surface area contributed by atoms with Crippen molar-refractivity contribution in [3.05, 3.63) is 17.5 Å². The summed E-state index contributed by atoms with van der Waals surface area (Å²) in [7, 11) is 0. The number of hydrogen-bond donors (Lipinski definition) is 0. The Bertz CT molecular complexity index is 448. The number of carbonyl (C=O) groups excluding carboxylic acids is 1. The summed E-state index contributed by atoms with van der Waals surface area (Å²) in [5.41, 5.74) is 0.935. The van der Waals surface area contributed by atoms with Crippen LogP contribution >= 0.6 is 0 Å². The van der Waals surface area contributed by atoms with Gasteiger partial charge in [-0.2, -0.15) is 0 Å². The van der Waals surface area contributed by atoms with Crippen molar-refractivity contribution >= 4 is 5.91 Å². The molecule has 0 N–H and O–H groups in total. The maximum Gasteiger partial charge on any atom is 0.226 e. The van der Waals surface area contributed by atoms with Crippen LogP contribution < -0.4 is 0 Å². The van der Waals surface area contributed by atoms with Crippen LogP contribution in [0.15, 0.2) is 10.6 Å². The lowest BCUT2D eigenvalue weighted by Crippen LogP contribution is -2.31. The van der Waals surface area contributed by atoms with Crippen LogP contribution in [0.3, 0.4) is 0 Å². The van der Waals surface area contributed by atoms with Crippen molar-refractivity contribution in [2.75, 3.05) is 6.54 Å². The predicted octanol–water partition coefficient (Wildman–Crippen LogP) is 2.87. The molecule has 4 nitrogen and oxygen atoms in total. The van der Waals surface area contributed by atoms with Gasteiger partial charge in [0.15, 0.2) is 0 Å². The van der Waals surface area contributed by atoms with Gasteiger partial charge >= 0.3 is 0 Å². The van der Waals surface area contributed by atoms with Gasteiger partial charge < -0.3 is 9.42 Å². The summed E-state index contributed by atoms with van der Waals surface area (Å²) in [6.07, 6.45) is 4.23. The molecular formula is C14H20N2O2. The number of nitrogens with zero attached hydrogens (tertiary/aromatic N) is 2. The SMILES string of the molecule is CC(C)c1cc([C@H]2CCCN2C(=O)C2CC2)no1. The van der Waals surface area contributed by atoms with Gasteiger partial charge in [-0.3, -0.25) is 4.79 Å². The lowest BCUT2D eigenvalue weighted by Gasteiger charge is -2.22. The van der Waals surface area contributed by atoms with E-state index >= 15 is 0 Å². The Kier molecular flexibility index (Phi) is 2.88. The number of likely N-dealkylation sites (tertiary alicyclic amines) is 1. The molecule has 1 amide bonds. The summed E-state index contributed by atoms with van der Waals surface area (Å²) >= 11 is 0.